The van der Waals surface area contributed by atoms with Crippen LogP contribution < -0.4 is 5.32 Å². The molecule has 1 aromatic heterocycles. The Morgan fingerprint density at radius 2 is 1.88 bits per heavy atom. The van der Waals surface area contributed by atoms with Crippen molar-refractivity contribution in [2.45, 2.75) is 23.0 Å². The van der Waals surface area contributed by atoms with E-state index in [0.29, 0.717) is 5.76 Å². The highest BCUT2D eigenvalue weighted by molar-refractivity contribution is 9.12. The first kappa shape index (κ1) is 16.3. The van der Waals surface area contributed by atoms with E-state index in [1.807, 2.05) is 0 Å². The predicted molar refractivity (Wildman–Crippen MR) is 90.6 cm³/mol. The number of anilines is 1. The van der Waals surface area contributed by atoms with Crippen molar-refractivity contribution in [2.75, 3.05) is 11.9 Å². The summed E-state index contributed by atoms with van der Waals surface area (Å²) in [5, 5.41) is 6.22. The highest BCUT2D eigenvalue weighted by Crippen LogP contribution is 2.60. The third-order valence-electron chi connectivity index (χ3n) is 5.28. The maximum absolute atomic E-state index is 12.7. The Bertz CT molecular complexity index is 704. The number of amides is 3. The molecule has 9 heteroatoms. The zero-order valence-electron chi connectivity index (χ0n) is 12.7. The first-order valence-corrected chi connectivity index (χ1v) is 9.58. The largest absolute Gasteiger partial charge is 0.360 e. The van der Waals surface area contributed by atoms with Crippen LogP contribution in [0.15, 0.2) is 10.6 Å². The smallest absolute Gasteiger partial charge is 0.245 e. The minimum absolute atomic E-state index is 0.145. The van der Waals surface area contributed by atoms with Gasteiger partial charge >= 0.3 is 0 Å². The molecular weight excluding hydrogens is 446 g/mol. The van der Waals surface area contributed by atoms with Crippen LogP contribution in [-0.4, -0.2) is 44.0 Å². The Balaban J connectivity index is 1.48. The number of hydrogen-bond acceptors (Lipinski definition) is 5. The van der Waals surface area contributed by atoms with Gasteiger partial charge in [-0.25, -0.2) is 0 Å². The summed E-state index contributed by atoms with van der Waals surface area (Å²) in [5.74, 6) is -0.386. The van der Waals surface area contributed by atoms with E-state index in [1.54, 1.807) is 13.0 Å². The summed E-state index contributed by atoms with van der Waals surface area (Å²) in [5.41, 5.74) is 0. The number of likely N-dealkylation sites (tertiary alicyclic amines) is 1. The number of halogens is 2. The molecule has 0 radical (unpaired) electrons. The van der Waals surface area contributed by atoms with Gasteiger partial charge in [0.1, 0.15) is 12.3 Å². The molecule has 3 aliphatic rings. The number of aromatic nitrogens is 1. The number of carbonyl (C=O) groups is 3. The van der Waals surface area contributed by atoms with Gasteiger partial charge in [0.15, 0.2) is 5.82 Å². The molecule has 2 bridgehead atoms. The summed E-state index contributed by atoms with van der Waals surface area (Å²) in [6, 6.07) is 1.57. The van der Waals surface area contributed by atoms with Gasteiger partial charge < -0.3 is 9.84 Å². The third-order valence-corrected chi connectivity index (χ3v) is 8.48. The number of alkyl halides is 2. The number of carbonyl (C=O) groups excluding carboxylic acids is 3. The van der Waals surface area contributed by atoms with Crippen molar-refractivity contribution < 1.29 is 18.9 Å². The van der Waals surface area contributed by atoms with Crippen molar-refractivity contribution in [2.24, 2.45) is 23.7 Å². The van der Waals surface area contributed by atoms with E-state index < -0.39 is 5.91 Å². The van der Waals surface area contributed by atoms with E-state index >= 15 is 0 Å². The lowest BCUT2D eigenvalue weighted by atomic mass is 9.81. The quantitative estimate of drug-likeness (QED) is 0.547. The van der Waals surface area contributed by atoms with Gasteiger partial charge in [0, 0.05) is 15.7 Å². The van der Waals surface area contributed by atoms with Crippen molar-refractivity contribution in [3.63, 3.8) is 0 Å². The van der Waals surface area contributed by atoms with Crippen LogP contribution in [0.5, 0.6) is 0 Å². The number of aryl methyl sites for hydroxylation is 1. The number of rotatable bonds is 3. The fourth-order valence-corrected chi connectivity index (χ4v) is 6.19. The summed E-state index contributed by atoms with van der Waals surface area (Å²) >= 11 is 7.27. The van der Waals surface area contributed by atoms with Crippen LogP contribution in [0.3, 0.4) is 0 Å². The molecular formula is C15H15Br2N3O4. The molecule has 7 nitrogen and oxygen atoms in total. The molecule has 0 aromatic carbocycles. The van der Waals surface area contributed by atoms with Crippen LogP contribution >= 0.6 is 31.9 Å². The summed E-state index contributed by atoms with van der Waals surface area (Å²) in [6.07, 6.45) is 0.872. The van der Waals surface area contributed by atoms with Crippen LogP contribution in [0.25, 0.3) is 0 Å². The number of hydrogen-bond donors (Lipinski definition) is 1. The molecule has 2 saturated carbocycles. The number of imide groups is 1. The number of nitrogens with zero attached hydrogens (tertiary/aromatic N) is 2. The number of fused-ring (bicyclic) bond motifs is 5. The van der Waals surface area contributed by atoms with Crippen molar-refractivity contribution in [3.8, 4) is 0 Å². The van der Waals surface area contributed by atoms with Crippen molar-refractivity contribution in [1.29, 1.82) is 0 Å². The van der Waals surface area contributed by atoms with E-state index in [4.69, 9.17) is 4.52 Å². The molecule has 3 amide bonds. The minimum atomic E-state index is -0.455. The molecule has 1 aliphatic heterocycles. The fraction of sp³-hybridized carbons (Fsp3) is 0.600. The van der Waals surface area contributed by atoms with Gasteiger partial charge in [0.05, 0.1) is 11.8 Å². The predicted octanol–water partition coefficient (Wildman–Crippen LogP) is 1.70. The maximum atomic E-state index is 12.7. The standard InChI is InChI=1S/C15H15Br2N3O4/c1-5-2-8(19-24-5)18-9(21)4-20-14(22)10-6-3-7(11(10)15(20)23)13(17)12(6)16/h2,6-7,10-13H,3-4H2,1H3,(H,18,19,21)/t6-,7+,10-,11-,12-,13+/m0/s1. The van der Waals surface area contributed by atoms with Crippen molar-refractivity contribution in [3.05, 3.63) is 11.8 Å². The van der Waals surface area contributed by atoms with Crippen LogP contribution in [-0.2, 0) is 14.4 Å². The maximum Gasteiger partial charge on any atom is 0.245 e. The lowest BCUT2D eigenvalue weighted by Gasteiger charge is -2.28. The molecule has 0 unspecified atom stereocenters. The first-order chi connectivity index (χ1) is 11.4. The second-order valence-corrected chi connectivity index (χ2v) is 8.75. The third kappa shape index (κ3) is 2.28. The SMILES string of the molecule is Cc1cc(NC(=O)CN2C(=O)[C@H]3[C@@H]4C[C@@H]([C@@H](Br)[C@H]4Br)[C@@H]3C2=O)no1. The Morgan fingerprint density at radius 3 is 2.38 bits per heavy atom. The molecule has 0 spiro atoms. The fourth-order valence-electron chi connectivity index (χ4n) is 4.32. The molecule has 4 rings (SSSR count). The average Bonchev–Trinajstić information content (AvgIpc) is 3.23. The van der Waals surface area contributed by atoms with Gasteiger partial charge in [0.2, 0.25) is 17.7 Å². The zero-order valence-corrected chi connectivity index (χ0v) is 15.9. The Morgan fingerprint density at radius 1 is 1.29 bits per heavy atom. The molecule has 2 aliphatic carbocycles. The van der Waals surface area contributed by atoms with Gasteiger partial charge in [-0.3, -0.25) is 19.3 Å². The summed E-state index contributed by atoms with van der Waals surface area (Å²) in [4.78, 5) is 39.0. The van der Waals surface area contributed by atoms with E-state index in [1.165, 1.54) is 0 Å². The zero-order chi connectivity index (χ0) is 17.2. The Labute approximate surface area is 154 Å². The second-order valence-electron chi connectivity index (χ2n) is 6.64. The number of nitrogens with one attached hydrogen (secondary N) is 1. The normalized spacial score (nSPS) is 37.2. The summed E-state index contributed by atoms with van der Waals surface area (Å²) in [6.45, 7) is 1.43. The van der Waals surface area contributed by atoms with E-state index in [9.17, 15) is 14.4 Å². The molecule has 1 N–H and O–H groups in total. The van der Waals surface area contributed by atoms with Crippen LogP contribution in [0.2, 0.25) is 0 Å². The van der Waals surface area contributed by atoms with Gasteiger partial charge in [-0.2, -0.15) is 0 Å². The topological polar surface area (TPSA) is 92.5 Å². The summed E-state index contributed by atoms with van der Waals surface area (Å²) < 4.78 is 4.88. The van der Waals surface area contributed by atoms with Gasteiger partial charge in [-0.1, -0.05) is 37.0 Å². The molecule has 24 heavy (non-hydrogen) atoms. The van der Waals surface area contributed by atoms with Crippen molar-refractivity contribution in [1.82, 2.24) is 10.1 Å². The Hall–Kier alpha value is -1.22. The molecule has 6 atom stereocenters. The van der Waals surface area contributed by atoms with E-state index in [2.05, 4.69) is 42.3 Å². The molecule has 1 saturated heterocycles. The van der Waals surface area contributed by atoms with Gasteiger partial charge in [-0.15, -0.1) is 0 Å². The Kier molecular flexibility index (Phi) is 3.83. The van der Waals surface area contributed by atoms with Crippen LogP contribution in [0, 0.1) is 30.6 Å². The van der Waals surface area contributed by atoms with E-state index in [0.717, 1.165) is 11.3 Å². The van der Waals surface area contributed by atoms with Crippen molar-refractivity contribution >= 4 is 55.4 Å². The van der Waals surface area contributed by atoms with Crippen LogP contribution in [0.1, 0.15) is 12.2 Å². The molecule has 128 valence electrons. The van der Waals surface area contributed by atoms with E-state index in [-0.39, 0.29) is 57.5 Å². The second kappa shape index (κ2) is 5.66. The monoisotopic (exact) mass is 459 g/mol. The van der Waals surface area contributed by atoms with Crippen LogP contribution in [0.4, 0.5) is 5.82 Å². The van der Waals surface area contributed by atoms with Gasteiger partial charge in [-0.05, 0) is 25.2 Å². The minimum Gasteiger partial charge on any atom is -0.360 e. The highest BCUT2D eigenvalue weighted by atomic mass is 79.9. The molecule has 1 aromatic rings. The summed E-state index contributed by atoms with van der Waals surface area (Å²) in [7, 11) is 0. The lowest BCUT2D eigenvalue weighted by Crippen LogP contribution is -2.39. The highest BCUT2D eigenvalue weighted by Gasteiger charge is 2.66. The first-order valence-electron chi connectivity index (χ1n) is 7.75. The average molecular weight is 461 g/mol. The molecule has 3 fully saturated rings. The van der Waals surface area contributed by atoms with Gasteiger partial charge in [0.25, 0.3) is 0 Å². The molecule has 2 heterocycles. The lowest BCUT2D eigenvalue weighted by molar-refractivity contribution is -0.143.